The zero-order valence-electron chi connectivity index (χ0n) is 14.9. The van der Waals surface area contributed by atoms with Crippen molar-refractivity contribution in [2.75, 3.05) is 12.8 Å². The fraction of sp³-hybridized carbons (Fsp3) is 0.167. The Morgan fingerprint density at radius 2 is 2.00 bits per heavy atom. The monoisotopic (exact) mass is 380 g/mol. The maximum absolute atomic E-state index is 12.4. The SMILES string of the molecule is COc1ccc(-c2c(C(C)=O)c(C)nc3sc(-c4nn[nH]n4)c(N)c23)cc1. The van der Waals surface area contributed by atoms with Crippen LogP contribution in [0, 0.1) is 6.92 Å². The second-order valence-corrected chi connectivity index (χ2v) is 6.99. The van der Waals surface area contributed by atoms with Crippen molar-refractivity contribution < 1.29 is 9.53 Å². The Morgan fingerprint density at radius 3 is 2.59 bits per heavy atom. The molecular formula is C18H16N6O2S. The van der Waals surface area contributed by atoms with Crippen molar-refractivity contribution in [2.45, 2.75) is 13.8 Å². The number of aromatic amines is 1. The van der Waals surface area contributed by atoms with Gasteiger partial charge in [0.2, 0.25) is 5.82 Å². The number of tetrazole rings is 1. The molecule has 0 radical (unpaired) electrons. The summed E-state index contributed by atoms with van der Waals surface area (Å²) in [5.41, 5.74) is 9.77. The first-order valence-electron chi connectivity index (χ1n) is 8.13. The summed E-state index contributed by atoms with van der Waals surface area (Å²) in [6, 6.07) is 7.52. The average Bonchev–Trinajstić information content (AvgIpc) is 3.28. The number of benzene rings is 1. The molecule has 27 heavy (non-hydrogen) atoms. The molecule has 0 unspecified atom stereocenters. The number of hydrogen-bond acceptors (Lipinski definition) is 8. The van der Waals surface area contributed by atoms with Gasteiger partial charge < -0.3 is 10.5 Å². The molecule has 0 aliphatic carbocycles. The molecule has 4 rings (SSSR count). The number of nitrogens with two attached hydrogens (primary N) is 1. The molecule has 0 saturated carbocycles. The number of nitrogen functional groups attached to an aromatic ring is 1. The van der Waals surface area contributed by atoms with E-state index in [2.05, 4.69) is 25.6 Å². The second-order valence-electron chi connectivity index (χ2n) is 5.99. The van der Waals surface area contributed by atoms with Crippen molar-refractivity contribution in [3.05, 3.63) is 35.5 Å². The zero-order valence-corrected chi connectivity index (χ0v) is 15.7. The summed E-state index contributed by atoms with van der Waals surface area (Å²) in [5, 5.41) is 14.8. The van der Waals surface area contributed by atoms with E-state index in [1.165, 1.54) is 18.3 Å². The molecule has 136 valence electrons. The number of nitrogens with zero attached hydrogens (tertiary/aromatic N) is 4. The predicted molar refractivity (Wildman–Crippen MR) is 104 cm³/mol. The number of pyridine rings is 1. The number of methoxy groups -OCH3 is 1. The highest BCUT2D eigenvalue weighted by molar-refractivity contribution is 7.22. The molecule has 0 aliphatic heterocycles. The summed E-state index contributed by atoms with van der Waals surface area (Å²) in [4.78, 5) is 18.4. The van der Waals surface area contributed by atoms with E-state index in [9.17, 15) is 4.79 Å². The first kappa shape index (κ1) is 17.1. The van der Waals surface area contributed by atoms with Crippen molar-refractivity contribution >= 4 is 33.0 Å². The maximum Gasteiger partial charge on any atom is 0.216 e. The number of fused-ring (bicyclic) bond motifs is 1. The summed E-state index contributed by atoms with van der Waals surface area (Å²) >= 11 is 1.38. The molecule has 3 heterocycles. The highest BCUT2D eigenvalue weighted by Crippen LogP contribution is 2.45. The number of Topliss-reactive ketones (excluding diaryl/α,β-unsaturated/α-hetero) is 1. The number of anilines is 1. The number of thiophene rings is 1. The van der Waals surface area contributed by atoms with Crippen LogP contribution in [0.15, 0.2) is 24.3 Å². The Hall–Kier alpha value is -3.33. The van der Waals surface area contributed by atoms with E-state index in [1.54, 1.807) is 7.11 Å². The standard InChI is InChI=1S/C18H16N6O2S/c1-8-12(9(2)25)13(10-4-6-11(26-3)7-5-10)14-15(19)16(27-18(14)20-8)17-21-23-24-22-17/h4-7H,19H2,1-3H3,(H,21,22,23,24). The number of carbonyl (C=O) groups is 1. The van der Waals surface area contributed by atoms with Crippen molar-refractivity contribution in [2.24, 2.45) is 0 Å². The number of aryl methyl sites for hydroxylation is 1. The van der Waals surface area contributed by atoms with Crippen LogP contribution < -0.4 is 10.5 Å². The van der Waals surface area contributed by atoms with Crippen LogP contribution in [0.25, 0.3) is 32.0 Å². The summed E-state index contributed by atoms with van der Waals surface area (Å²) in [5.74, 6) is 1.06. The van der Waals surface area contributed by atoms with Gasteiger partial charge in [-0.05, 0) is 36.8 Å². The van der Waals surface area contributed by atoms with Gasteiger partial charge in [-0.25, -0.2) is 4.98 Å². The Labute approximate surface area is 158 Å². The van der Waals surface area contributed by atoms with Crippen LogP contribution in [0.5, 0.6) is 5.75 Å². The Morgan fingerprint density at radius 1 is 1.26 bits per heavy atom. The highest BCUT2D eigenvalue weighted by atomic mass is 32.1. The van der Waals surface area contributed by atoms with Crippen LogP contribution in [0.3, 0.4) is 0 Å². The van der Waals surface area contributed by atoms with Gasteiger partial charge in [0.15, 0.2) is 5.78 Å². The normalized spacial score (nSPS) is 11.1. The van der Waals surface area contributed by atoms with Crippen LogP contribution in [-0.2, 0) is 0 Å². The van der Waals surface area contributed by atoms with E-state index in [1.807, 2.05) is 31.2 Å². The fourth-order valence-corrected chi connectivity index (χ4v) is 4.25. The van der Waals surface area contributed by atoms with Crippen molar-refractivity contribution in [1.82, 2.24) is 25.6 Å². The lowest BCUT2D eigenvalue weighted by Gasteiger charge is -2.13. The molecule has 4 aromatic rings. The number of nitrogens with one attached hydrogen (secondary N) is 1. The molecule has 0 bridgehead atoms. The van der Waals surface area contributed by atoms with Gasteiger partial charge in [0, 0.05) is 16.5 Å². The third kappa shape index (κ3) is 2.72. The van der Waals surface area contributed by atoms with Gasteiger partial charge in [-0.1, -0.05) is 12.1 Å². The van der Waals surface area contributed by atoms with Crippen molar-refractivity contribution in [3.63, 3.8) is 0 Å². The lowest BCUT2D eigenvalue weighted by molar-refractivity contribution is 0.101. The van der Waals surface area contributed by atoms with Crippen LogP contribution in [0.1, 0.15) is 23.0 Å². The van der Waals surface area contributed by atoms with Gasteiger partial charge in [0.05, 0.1) is 18.5 Å². The first-order valence-corrected chi connectivity index (χ1v) is 8.94. The molecule has 8 nitrogen and oxygen atoms in total. The number of H-pyrrole nitrogens is 1. The summed E-state index contributed by atoms with van der Waals surface area (Å²) in [7, 11) is 1.61. The van der Waals surface area contributed by atoms with E-state index in [4.69, 9.17) is 10.5 Å². The summed E-state index contributed by atoms with van der Waals surface area (Å²) in [6.07, 6.45) is 0. The summed E-state index contributed by atoms with van der Waals surface area (Å²) < 4.78 is 5.24. The minimum Gasteiger partial charge on any atom is -0.497 e. The van der Waals surface area contributed by atoms with Crippen LogP contribution >= 0.6 is 11.3 Å². The topological polar surface area (TPSA) is 120 Å². The number of hydrogen-bond donors (Lipinski definition) is 2. The summed E-state index contributed by atoms with van der Waals surface area (Å²) in [6.45, 7) is 3.36. The van der Waals surface area contributed by atoms with E-state index in [-0.39, 0.29) is 5.78 Å². The molecule has 0 amide bonds. The Balaban J connectivity index is 2.09. The average molecular weight is 380 g/mol. The van der Waals surface area contributed by atoms with E-state index >= 15 is 0 Å². The van der Waals surface area contributed by atoms with Gasteiger partial charge in [0.1, 0.15) is 15.5 Å². The minimum absolute atomic E-state index is 0.0700. The molecule has 0 spiro atoms. The third-order valence-corrected chi connectivity index (χ3v) is 5.43. The van der Waals surface area contributed by atoms with Gasteiger partial charge in [0.25, 0.3) is 0 Å². The van der Waals surface area contributed by atoms with Gasteiger partial charge in [-0.3, -0.25) is 4.79 Å². The van der Waals surface area contributed by atoms with Crippen LogP contribution in [-0.4, -0.2) is 38.5 Å². The van der Waals surface area contributed by atoms with Crippen molar-refractivity contribution in [1.29, 1.82) is 0 Å². The largest absolute Gasteiger partial charge is 0.497 e. The van der Waals surface area contributed by atoms with Crippen LogP contribution in [0.2, 0.25) is 0 Å². The second kappa shape index (κ2) is 6.44. The maximum atomic E-state index is 12.4. The Kier molecular flexibility index (Phi) is 4.08. The Bertz CT molecular complexity index is 1150. The first-order chi connectivity index (χ1) is 13.0. The molecule has 0 aliphatic rings. The highest BCUT2D eigenvalue weighted by Gasteiger charge is 2.24. The van der Waals surface area contributed by atoms with E-state index in [0.717, 1.165) is 27.1 Å². The lowest BCUT2D eigenvalue weighted by Crippen LogP contribution is -2.03. The molecule has 1 aromatic carbocycles. The number of carbonyl (C=O) groups excluding carboxylic acids is 1. The molecule has 9 heteroatoms. The quantitative estimate of drug-likeness (QED) is 0.521. The van der Waals surface area contributed by atoms with Gasteiger partial charge in [-0.15, -0.1) is 21.5 Å². The van der Waals surface area contributed by atoms with E-state index < -0.39 is 0 Å². The smallest absolute Gasteiger partial charge is 0.216 e. The number of ether oxygens (including phenoxy) is 1. The number of aromatic nitrogens is 5. The molecular weight excluding hydrogens is 364 g/mol. The molecule has 3 N–H and O–H groups in total. The fourth-order valence-electron chi connectivity index (χ4n) is 3.17. The van der Waals surface area contributed by atoms with E-state index in [0.29, 0.717) is 27.6 Å². The van der Waals surface area contributed by atoms with Crippen LogP contribution in [0.4, 0.5) is 5.69 Å². The number of ketones is 1. The van der Waals surface area contributed by atoms with Crippen molar-refractivity contribution in [3.8, 4) is 27.6 Å². The van der Waals surface area contributed by atoms with Gasteiger partial charge in [-0.2, -0.15) is 5.21 Å². The van der Waals surface area contributed by atoms with Gasteiger partial charge >= 0.3 is 0 Å². The molecule has 0 fully saturated rings. The molecule has 0 atom stereocenters. The molecule has 0 saturated heterocycles. The lowest BCUT2D eigenvalue weighted by atomic mass is 9.93. The predicted octanol–water partition coefficient (Wildman–Crippen LogP) is 3.25. The third-order valence-electron chi connectivity index (χ3n) is 4.34. The minimum atomic E-state index is -0.0700. The number of rotatable bonds is 4. The zero-order chi connectivity index (χ0) is 19.1. The molecule has 3 aromatic heterocycles.